The number of amides is 2. The third kappa shape index (κ3) is 3.60. The fourth-order valence-electron chi connectivity index (χ4n) is 3.62. The monoisotopic (exact) mass is 382 g/mol. The molecule has 0 aromatic heterocycles. The number of piperidine rings is 1. The van der Waals surface area contributed by atoms with Gasteiger partial charge >= 0.3 is 6.03 Å². The third-order valence-electron chi connectivity index (χ3n) is 5.08. The first kappa shape index (κ1) is 18.2. The summed E-state index contributed by atoms with van der Waals surface area (Å²) >= 11 is 0. The molecule has 1 saturated heterocycles. The Morgan fingerprint density at radius 2 is 1.96 bits per heavy atom. The summed E-state index contributed by atoms with van der Waals surface area (Å²) in [5, 5.41) is 2.88. The summed E-state index contributed by atoms with van der Waals surface area (Å²) in [5.41, 5.74) is 1.19. The fraction of sp³-hybridized carbons (Fsp3) is 0.333. The van der Waals surface area contributed by atoms with Gasteiger partial charge in [0.1, 0.15) is 5.75 Å². The lowest BCUT2D eigenvalue weighted by Gasteiger charge is -2.32. The summed E-state index contributed by atoms with van der Waals surface area (Å²) in [6.45, 7) is 1.19. The van der Waals surface area contributed by atoms with Gasteiger partial charge in [0, 0.05) is 30.8 Å². The van der Waals surface area contributed by atoms with Crippen LogP contribution in [0.4, 0.5) is 10.5 Å². The number of carbonyl (C=O) groups excluding carboxylic acids is 2. The van der Waals surface area contributed by atoms with Crippen molar-refractivity contribution in [1.29, 1.82) is 0 Å². The Kier molecular flexibility index (Phi) is 5.06. The third-order valence-corrected chi connectivity index (χ3v) is 5.08. The van der Waals surface area contributed by atoms with E-state index in [0.29, 0.717) is 41.6 Å². The summed E-state index contributed by atoms with van der Waals surface area (Å²) in [6, 6.07) is 12.3. The van der Waals surface area contributed by atoms with E-state index in [1.54, 1.807) is 42.3 Å². The number of Topliss-reactive ketones (excluding diaryl/α,β-unsaturated/α-hetero) is 1. The Hall–Kier alpha value is -3.22. The Bertz CT molecular complexity index is 898. The fourth-order valence-corrected chi connectivity index (χ4v) is 3.62. The maximum atomic E-state index is 13.0. The van der Waals surface area contributed by atoms with Gasteiger partial charge in [0.2, 0.25) is 6.79 Å². The molecule has 7 heteroatoms. The standard InChI is InChI=1S/C21H22N2O5/c1-26-17-7-3-2-6-16(17)20(24)14-5-4-10-23(12-14)21(25)22-15-8-9-18-19(11-15)28-13-27-18/h2-3,6-9,11,14H,4-5,10,12-13H2,1H3,(H,22,25)/t14-/m0/s1. The SMILES string of the molecule is COc1ccccc1C(=O)[C@H]1CCCN(C(=O)Nc2ccc3c(c2)OCO3)C1. The highest BCUT2D eigenvalue weighted by molar-refractivity contribution is 6.01. The van der Waals surface area contributed by atoms with E-state index in [-0.39, 0.29) is 24.5 Å². The summed E-state index contributed by atoms with van der Waals surface area (Å²) < 4.78 is 15.9. The van der Waals surface area contributed by atoms with Gasteiger partial charge in [0.05, 0.1) is 12.7 Å². The van der Waals surface area contributed by atoms with Crippen LogP contribution in [0, 0.1) is 5.92 Å². The number of carbonyl (C=O) groups is 2. The summed E-state index contributed by atoms with van der Waals surface area (Å²) in [5.74, 6) is 1.61. The molecule has 0 spiro atoms. The molecule has 0 bridgehead atoms. The molecule has 0 unspecified atom stereocenters. The van der Waals surface area contributed by atoms with Gasteiger partial charge in [0.15, 0.2) is 17.3 Å². The van der Waals surface area contributed by atoms with Crippen LogP contribution < -0.4 is 19.5 Å². The zero-order valence-corrected chi connectivity index (χ0v) is 15.6. The number of hydrogen-bond acceptors (Lipinski definition) is 5. The zero-order chi connectivity index (χ0) is 19.5. The van der Waals surface area contributed by atoms with E-state index in [9.17, 15) is 9.59 Å². The molecule has 2 heterocycles. The van der Waals surface area contributed by atoms with Crippen molar-refractivity contribution in [2.45, 2.75) is 12.8 Å². The maximum Gasteiger partial charge on any atom is 0.321 e. The van der Waals surface area contributed by atoms with E-state index in [4.69, 9.17) is 14.2 Å². The van der Waals surface area contributed by atoms with Crippen LogP contribution in [0.2, 0.25) is 0 Å². The number of nitrogens with one attached hydrogen (secondary N) is 1. The number of fused-ring (bicyclic) bond motifs is 1. The average Bonchev–Trinajstić information content (AvgIpc) is 3.21. The van der Waals surface area contributed by atoms with Crippen molar-refractivity contribution < 1.29 is 23.8 Å². The van der Waals surface area contributed by atoms with E-state index in [1.807, 2.05) is 12.1 Å². The van der Waals surface area contributed by atoms with Gasteiger partial charge in [-0.05, 0) is 37.1 Å². The quantitative estimate of drug-likeness (QED) is 0.819. The molecule has 1 atom stereocenters. The van der Waals surface area contributed by atoms with Crippen LogP contribution in [0.25, 0.3) is 0 Å². The van der Waals surface area contributed by atoms with Crippen LogP contribution in [0.1, 0.15) is 23.2 Å². The minimum Gasteiger partial charge on any atom is -0.496 e. The molecule has 0 saturated carbocycles. The van der Waals surface area contributed by atoms with E-state index in [0.717, 1.165) is 12.8 Å². The first-order valence-corrected chi connectivity index (χ1v) is 9.28. The highest BCUT2D eigenvalue weighted by Crippen LogP contribution is 2.34. The van der Waals surface area contributed by atoms with Crippen molar-refractivity contribution in [3.63, 3.8) is 0 Å². The number of urea groups is 1. The molecule has 1 N–H and O–H groups in total. The molecule has 1 fully saturated rings. The van der Waals surface area contributed by atoms with Crippen LogP contribution in [-0.2, 0) is 0 Å². The molecule has 7 nitrogen and oxygen atoms in total. The Morgan fingerprint density at radius 3 is 2.82 bits per heavy atom. The molecule has 2 aliphatic heterocycles. The van der Waals surface area contributed by atoms with Crippen molar-refractivity contribution in [3.8, 4) is 17.2 Å². The Labute approximate surface area is 163 Å². The summed E-state index contributed by atoms with van der Waals surface area (Å²) in [6.07, 6.45) is 1.53. The molecule has 4 rings (SSSR count). The van der Waals surface area contributed by atoms with E-state index in [1.165, 1.54) is 0 Å². The van der Waals surface area contributed by atoms with Crippen LogP contribution >= 0.6 is 0 Å². The first-order chi connectivity index (χ1) is 13.7. The van der Waals surface area contributed by atoms with Gasteiger partial charge in [-0.1, -0.05) is 12.1 Å². The summed E-state index contributed by atoms with van der Waals surface area (Å²) in [4.78, 5) is 27.4. The molecule has 2 aliphatic rings. The number of ether oxygens (including phenoxy) is 3. The molecule has 2 aromatic rings. The van der Waals surface area contributed by atoms with Crippen molar-refractivity contribution in [2.75, 3.05) is 32.3 Å². The number of ketones is 1. The van der Waals surface area contributed by atoms with Gasteiger partial charge in [-0.3, -0.25) is 4.79 Å². The molecular formula is C21H22N2O5. The Balaban J connectivity index is 1.43. The second-order valence-electron chi connectivity index (χ2n) is 6.85. The highest BCUT2D eigenvalue weighted by Gasteiger charge is 2.30. The molecule has 28 heavy (non-hydrogen) atoms. The van der Waals surface area contributed by atoms with Gasteiger partial charge in [-0.25, -0.2) is 4.79 Å². The molecule has 0 radical (unpaired) electrons. The number of para-hydroxylation sites is 1. The predicted molar refractivity (Wildman–Crippen MR) is 103 cm³/mol. The zero-order valence-electron chi connectivity index (χ0n) is 15.6. The second-order valence-corrected chi connectivity index (χ2v) is 6.85. The molecule has 0 aliphatic carbocycles. The van der Waals surface area contributed by atoms with E-state index < -0.39 is 0 Å². The van der Waals surface area contributed by atoms with Gasteiger partial charge in [-0.15, -0.1) is 0 Å². The minimum absolute atomic E-state index is 0.0121. The highest BCUT2D eigenvalue weighted by atomic mass is 16.7. The van der Waals surface area contributed by atoms with Crippen LogP contribution in [0.5, 0.6) is 17.2 Å². The lowest BCUT2D eigenvalue weighted by atomic mass is 9.89. The smallest absolute Gasteiger partial charge is 0.321 e. The van der Waals surface area contributed by atoms with Crippen LogP contribution in [0.15, 0.2) is 42.5 Å². The number of methoxy groups -OCH3 is 1. The van der Waals surface area contributed by atoms with Crippen LogP contribution in [-0.4, -0.2) is 43.7 Å². The van der Waals surface area contributed by atoms with Crippen molar-refractivity contribution in [3.05, 3.63) is 48.0 Å². The van der Waals surface area contributed by atoms with Gasteiger partial charge in [-0.2, -0.15) is 0 Å². The number of hydrogen-bond donors (Lipinski definition) is 1. The van der Waals surface area contributed by atoms with E-state index in [2.05, 4.69) is 5.32 Å². The lowest BCUT2D eigenvalue weighted by molar-refractivity contribution is 0.0848. The predicted octanol–water partition coefficient (Wildman–Crippen LogP) is 3.55. The van der Waals surface area contributed by atoms with Crippen LogP contribution in [0.3, 0.4) is 0 Å². The van der Waals surface area contributed by atoms with Crippen molar-refractivity contribution >= 4 is 17.5 Å². The van der Waals surface area contributed by atoms with Gasteiger partial charge < -0.3 is 24.4 Å². The second kappa shape index (κ2) is 7.80. The minimum atomic E-state index is -0.243. The van der Waals surface area contributed by atoms with Gasteiger partial charge in [0.25, 0.3) is 0 Å². The van der Waals surface area contributed by atoms with Crippen molar-refractivity contribution in [2.24, 2.45) is 5.92 Å². The Morgan fingerprint density at radius 1 is 1.14 bits per heavy atom. The van der Waals surface area contributed by atoms with E-state index >= 15 is 0 Å². The number of nitrogens with zero attached hydrogens (tertiary/aromatic N) is 1. The molecular weight excluding hydrogens is 360 g/mol. The first-order valence-electron chi connectivity index (χ1n) is 9.28. The normalized spacial score (nSPS) is 17.9. The average molecular weight is 382 g/mol. The number of anilines is 1. The molecule has 2 aromatic carbocycles. The van der Waals surface area contributed by atoms with Crippen molar-refractivity contribution in [1.82, 2.24) is 4.90 Å². The lowest BCUT2D eigenvalue weighted by Crippen LogP contribution is -2.44. The number of benzene rings is 2. The number of likely N-dealkylation sites (tertiary alicyclic amines) is 1. The molecule has 146 valence electrons. The number of rotatable bonds is 4. The topological polar surface area (TPSA) is 77.1 Å². The molecule has 2 amide bonds. The maximum absolute atomic E-state index is 13.0. The largest absolute Gasteiger partial charge is 0.496 e. The summed E-state index contributed by atoms with van der Waals surface area (Å²) in [7, 11) is 1.55.